The molecular formula is C18H26N2OS. The van der Waals surface area contributed by atoms with Crippen LogP contribution in [-0.2, 0) is 4.79 Å². The summed E-state index contributed by atoms with van der Waals surface area (Å²) in [6, 6.07) is 4.42. The first kappa shape index (κ1) is 14.9. The maximum absolute atomic E-state index is 13.3. The van der Waals surface area contributed by atoms with E-state index in [4.69, 9.17) is 0 Å². The van der Waals surface area contributed by atoms with E-state index < -0.39 is 0 Å². The SMILES string of the molecule is CCCC12CN3CC(CCC)(CN(C1)C3c1cccs1)C2=O. The molecule has 0 saturated carbocycles. The summed E-state index contributed by atoms with van der Waals surface area (Å²) in [6.45, 7) is 8.35. The minimum absolute atomic E-state index is 0.0891. The van der Waals surface area contributed by atoms with E-state index in [1.165, 1.54) is 4.88 Å². The van der Waals surface area contributed by atoms with E-state index >= 15 is 0 Å². The molecule has 4 fully saturated rings. The second-order valence-electron chi connectivity index (χ2n) is 7.59. The lowest BCUT2D eigenvalue weighted by Crippen LogP contribution is -2.76. The van der Waals surface area contributed by atoms with E-state index in [0.717, 1.165) is 51.9 Å². The van der Waals surface area contributed by atoms with E-state index in [0.29, 0.717) is 11.9 Å². The molecule has 0 N–H and O–H groups in total. The largest absolute Gasteiger partial charge is 0.298 e. The van der Waals surface area contributed by atoms with E-state index in [-0.39, 0.29) is 10.8 Å². The molecule has 1 aromatic heterocycles. The number of hydrogen-bond donors (Lipinski definition) is 0. The van der Waals surface area contributed by atoms with E-state index in [1.807, 2.05) is 11.3 Å². The molecule has 0 radical (unpaired) electrons. The van der Waals surface area contributed by atoms with Crippen molar-refractivity contribution in [3.63, 3.8) is 0 Å². The van der Waals surface area contributed by atoms with Gasteiger partial charge in [0.05, 0.1) is 17.0 Å². The van der Waals surface area contributed by atoms with Crippen molar-refractivity contribution in [2.24, 2.45) is 10.8 Å². The minimum Gasteiger partial charge on any atom is -0.298 e. The lowest BCUT2D eigenvalue weighted by molar-refractivity contribution is -0.205. The number of Topliss-reactive ketones (excluding diaryl/α,β-unsaturated/α-hetero) is 1. The molecule has 0 amide bonds. The molecule has 3 nitrogen and oxygen atoms in total. The van der Waals surface area contributed by atoms with Gasteiger partial charge in [0, 0.05) is 31.1 Å². The zero-order chi connectivity index (χ0) is 15.4. The van der Waals surface area contributed by atoms with Crippen molar-refractivity contribution in [2.75, 3.05) is 26.2 Å². The van der Waals surface area contributed by atoms with Gasteiger partial charge in [-0.3, -0.25) is 14.6 Å². The summed E-state index contributed by atoms with van der Waals surface area (Å²) in [5, 5.41) is 2.18. The quantitative estimate of drug-likeness (QED) is 0.830. The molecule has 1 aromatic rings. The average Bonchev–Trinajstić information content (AvgIpc) is 2.98. The molecule has 5 rings (SSSR count). The fraction of sp³-hybridized carbons (Fsp3) is 0.722. The van der Waals surface area contributed by atoms with Crippen molar-refractivity contribution in [3.05, 3.63) is 22.4 Å². The number of piperidine rings is 2. The van der Waals surface area contributed by atoms with Crippen LogP contribution in [-0.4, -0.2) is 41.8 Å². The van der Waals surface area contributed by atoms with Crippen molar-refractivity contribution in [2.45, 2.75) is 45.7 Å². The highest BCUT2D eigenvalue weighted by molar-refractivity contribution is 7.10. The second kappa shape index (κ2) is 5.15. The smallest absolute Gasteiger partial charge is 0.150 e. The van der Waals surface area contributed by atoms with Gasteiger partial charge in [0.15, 0.2) is 0 Å². The van der Waals surface area contributed by atoms with Crippen LogP contribution in [0.2, 0.25) is 0 Å². The monoisotopic (exact) mass is 318 g/mol. The fourth-order valence-electron chi connectivity index (χ4n) is 5.49. The molecule has 0 spiro atoms. The predicted molar refractivity (Wildman–Crippen MR) is 89.9 cm³/mol. The van der Waals surface area contributed by atoms with Gasteiger partial charge in [-0.25, -0.2) is 0 Å². The molecule has 4 heteroatoms. The van der Waals surface area contributed by atoms with E-state index in [1.54, 1.807) is 0 Å². The third-order valence-corrected chi connectivity index (χ3v) is 6.85. The normalized spacial score (nSPS) is 43.0. The van der Waals surface area contributed by atoms with Crippen LogP contribution in [0.3, 0.4) is 0 Å². The third-order valence-electron chi connectivity index (χ3n) is 5.93. The molecule has 4 bridgehead atoms. The fourth-order valence-corrected chi connectivity index (χ4v) is 6.38. The van der Waals surface area contributed by atoms with Gasteiger partial charge in [-0.15, -0.1) is 11.3 Å². The van der Waals surface area contributed by atoms with Crippen LogP contribution in [0.1, 0.15) is 50.6 Å². The highest BCUT2D eigenvalue weighted by Gasteiger charge is 2.64. The first-order valence-electron chi connectivity index (χ1n) is 8.70. The van der Waals surface area contributed by atoms with Crippen molar-refractivity contribution < 1.29 is 4.79 Å². The molecule has 0 atom stereocenters. The van der Waals surface area contributed by atoms with Crippen molar-refractivity contribution >= 4 is 17.1 Å². The number of hydrogen-bond acceptors (Lipinski definition) is 4. The summed E-state index contributed by atoms with van der Waals surface area (Å²) >= 11 is 1.86. The van der Waals surface area contributed by atoms with Gasteiger partial charge in [0.25, 0.3) is 0 Å². The first-order valence-corrected chi connectivity index (χ1v) is 9.58. The number of carbonyl (C=O) groups excluding carboxylic acids is 1. The van der Waals surface area contributed by atoms with Gasteiger partial charge < -0.3 is 0 Å². The van der Waals surface area contributed by atoms with Gasteiger partial charge >= 0.3 is 0 Å². The molecule has 4 saturated heterocycles. The number of nitrogens with zero attached hydrogens (tertiary/aromatic N) is 2. The van der Waals surface area contributed by atoms with Gasteiger partial charge in [0.1, 0.15) is 5.78 Å². The minimum atomic E-state index is -0.0891. The van der Waals surface area contributed by atoms with Crippen LogP contribution in [0, 0.1) is 10.8 Å². The first-order chi connectivity index (χ1) is 10.6. The Labute approximate surface area is 137 Å². The zero-order valence-electron chi connectivity index (χ0n) is 13.7. The van der Waals surface area contributed by atoms with E-state index in [9.17, 15) is 4.79 Å². The average molecular weight is 318 g/mol. The predicted octanol–water partition coefficient (Wildman–Crippen LogP) is 3.53. The van der Waals surface area contributed by atoms with Gasteiger partial charge in [-0.1, -0.05) is 32.8 Å². The molecule has 0 aromatic carbocycles. The summed E-state index contributed by atoms with van der Waals surface area (Å²) in [7, 11) is 0. The van der Waals surface area contributed by atoms with Crippen molar-refractivity contribution in [3.8, 4) is 0 Å². The van der Waals surface area contributed by atoms with Crippen LogP contribution >= 0.6 is 11.3 Å². The maximum Gasteiger partial charge on any atom is 0.150 e. The Balaban J connectivity index is 1.73. The number of ketones is 1. The summed E-state index contributed by atoms with van der Waals surface area (Å²) in [5.41, 5.74) is -0.178. The van der Waals surface area contributed by atoms with Crippen LogP contribution in [0.15, 0.2) is 17.5 Å². The third kappa shape index (κ3) is 1.90. The summed E-state index contributed by atoms with van der Waals surface area (Å²) < 4.78 is 0. The van der Waals surface area contributed by atoms with Gasteiger partial charge in [-0.2, -0.15) is 0 Å². The number of thiophene rings is 1. The lowest BCUT2D eigenvalue weighted by atomic mass is 9.57. The van der Waals surface area contributed by atoms with Crippen molar-refractivity contribution in [1.29, 1.82) is 0 Å². The van der Waals surface area contributed by atoms with Crippen LogP contribution in [0.25, 0.3) is 0 Å². The molecule has 5 heterocycles. The Bertz CT molecular complexity index is 524. The molecular weight excluding hydrogens is 292 g/mol. The number of carbonyl (C=O) groups is 1. The highest BCUT2D eigenvalue weighted by Crippen LogP contribution is 2.55. The Morgan fingerprint density at radius 3 is 2.05 bits per heavy atom. The summed E-state index contributed by atoms with van der Waals surface area (Å²) in [4.78, 5) is 20.0. The highest BCUT2D eigenvalue weighted by atomic mass is 32.1. The Morgan fingerprint density at radius 1 is 1.09 bits per heavy atom. The second-order valence-corrected chi connectivity index (χ2v) is 8.57. The molecule has 120 valence electrons. The standard InChI is InChI=1S/C18H26N2OS/c1-3-7-17-10-19-12-18(8-4-2,16(17)21)13-20(11-17)15(19)14-6-5-9-22-14/h5-6,9,15H,3-4,7-8,10-13H2,1-2H3. The van der Waals surface area contributed by atoms with Crippen LogP contribution < -0.4 is 0 Å². The molecule has 22 heavy (non-hydrogen) atoms. The van der Waals surface area contributed by atoms with Crippen LogP contribution in [0.5, 0.6) is 0 Å². The zero-order valence-corrected chi connectivity index (χ0v) is 14.5. The number of rotatable bonds is 5. The summed E-state index contributed by atoms with van der Waals surface area (Å²) in [5.74, 6) is 0.598. The summed E-state index contributed by atoms with van der Waals surface area (Å²) in [6.07, 6.45) is 4.75. The van der Waals surface area contributed by atoms with Gasteiger partial charge in [0.2, 0.25) is 0 Å². The van der Waals surface area contributed by atoms with Crippen molar-refractivity contribution in [1.82, 2.24) is 9.80 Å². The molecule has 4 aliphatic heterocycles. The Morgan fingerprint density at radius 2 is 1.64 bits per heavy atom. The van der Waals surface area contributed by atoms with Gasteiger partial charge in [-0.05, 0) is 24.3 Å². The van der Waals surface area contributed by atoms with Crippen LogP contribution in [0.4, 0.5) is 0 Å². The molecule has 4 aliphatic rings. The Hall–Kier alpha value is -0.710. The maximum atomic E-state index is 13.3. The topological polar surface area (TPSA) is 23.6 Å². The lowest BCUT2D eigenvalue weighted by Gasteiger charge is -2.66. The Kier molecular flexibility index (Phi) is 3.48. The molecule has 0 unspecified atom stereocenters. The van der Waals surface area contributed by atoms with E-state index in [2.05, 4.69) is 41.2 Å². The molecule has 0 aliphatic carbocycles.